The van der Waals surface area contributed by atoms with Crippen LogP contribution in [0.1, 0.15) is 25.8 Å². The number of hydrogen-bond donors (Lipinski definition) is 1. The summed E-state index contributed by atoms with van der Waals surface area (Å²) in [4.78, 5) is 28.7. The summed E-state index contributed by atoms with van der Waals surface area (Å²) in [7, 11) is 1.29. The van der Waals surface area contributed by atoms with E-state index in [4.69, 9.17) is 18.9 Å². The van der Waals surface area contributed by atoms with E-state index in [2.05, 4.69) is 5.32 Å². The number of amides is 2. The van der Waals surface area contributed by atoms with Gasteiger partial charge in [-0.05, 0) is 49.6 Å². The van der Waals surface area contributed by atoms with Crippen LogP contribution in [0.5, 0.6) is 23.0 Å². The van der Waals surface area contributed by atoms with Crippen molar-refractivity contribution in [1.82, 2.24) is 10.2 Å². The summed E-state index contributed by atoms with van der Waals surface area (Å²) in [5.41, 5.74) is 1.06. The van der Waals surface area contributed by atoms with Crippen molar-refractivity contribution in [2.75, 3.05) is 52.4 Å². The smallest absolute Gasteiger partial charge is 0.265 e. The number of carbonyl (C=O) groups is 2. The van der Waals surface area contributed by atoms with E-state index < -0.39 is 28.5 Å². The first kappa shape index (κ1) is 34.0. The Bertz CT molecular complexity index is 1520. The Labute approximate surface area is 259 Å². The lowest BCUT2D eigenvalue weighted by atomic mass is 10.1. The Hall–Kier alpha value is -4.45. The minimum Gasteiger partial charge on any atom is -0.497 e. The zero-order chi connectivity index (χ0) is 32.3. The lowest BCUT2D eigenvalue weighted by Crippen LogP contribution is -2.53. The maximum absolute atomic E-state index is 14.4. The van der Waals surface area contributed by atoms with Crippen LogP contribution in [0, 0.1) is 0 Å². The number of ether oxygens (including phenoxy) is 4. The lowest BCUT2D eigenvalue weighted by Gasteiger charge is -2.33. The predicted molar refractivity (Wildman–Crippen MR) is 168 cm³/mol. The summed E-state index contributed by atoms with van der Waals surface area (Å²) in [6, 6.07) is 17.6. The average molecular weight is 628 g/mol. The van der Waals surface area contributed by atoms with Crippen LogP contribution in [0.15, 0.2) is 71.6 Å². The van der Waals surface area contributed by atoms with Crippen LogP contribution in [0.25, 0.3) is 0 Å². The molecule has 1 N–H and O–H groups in total. The molecule has 3 rings (SSSR count). The van der Waals surface area contributed by atoms with Crippen molar-refractivity contribution < 1.29 is 37.0 Å². The molecule has 44 heavy (non-hydrogen) atoms. The van der Waals surface area contributed by atoms with Gasteiger partial charge in [0.2, 0.25) is 11.8 Å². The van der Waals surface area contributed by atoms with Gasteiger partial charge in [-0.3, -0.25) is 13.9 Å². The SMILES string of the molecule is CCNC(=O)[C@H](CC)N(CCc1ccccc1)C(=O)CN(c1cc(OC)ccc1OC)S(=O)(=O)c1ccc(OC)c(OC)c1. The fourth-order valence-corrected chi connectivity index (χ4v) is 6.23. The molecule has 0 aromatic heterocycles. The number of nitrogens with one attached hydrogen (secondary N) is 1. The van der Waals surface area contributed by atoms with Crippen LogP contribution in [-0.2, 0) is 26.0 Å². The van der Waals surface area contributed by atoms with E-state index in [1.165, 1.54) is 57.6 Å². The van der Waals surface area contributed by atoms with E-state index in [0.29, 0.717) is 30.9 Å². The molecule has 3 aromatic carbocycles. The second-order valence-corrected chi connectivity index (χ2v) is 11.6. The van der Waals surface area contributed by atoms with Crippen molar-refractivity contribution in [3.8, 4) is 23.0 Å². The molecule has 1 atom stereocenters. The molecule has 0 radical (unpaired) electrons. The number of anilines is 1. The van der Waals surface area contributed by atoms with E-state index in [0.717, 1.165) is 9.87 Å². The van der Waals surface area contributed by atoms with Crippen molar-refractivity contribution in [2.24, 2.45) is 0 Å². The van der Waals surface area contributed by atoms with Crippen LogP contribution in [0.2, 0.25) is 0 Å². The lowest BCUT2D eigenvalue weighted by molar-refractivity contribution is -0.139. The van der Waals surface area contributed by atoms with E-state index >= 15 is 0 Å². The molecule has 11 nitrogen and oxygen atoms in total. The van der Waals surface area contributed by atoms with Crippen LogP contribution >= 0.6 is 0 Å². The highest BCUT2D eigenvalue weighted by Crippen LogP contribution is 2.37. The number of sulfonamides is 1. The number of likely N-dealkylation sites (N-methyl/N-ethyl adjacent to an activating group) is 1. The Balaban J connectivity index is 2.15. The van der Waals surface area contributed by atoms with Crippen LogP contribution < -0.4 is 28.6 Å². The molecular weight excluding hydrogens is 586 g/mol. The first-order valence-corrected chi connectivity index (χ1v) is 15.7. The highest BCUT2D eigenvalue weighted by Gasteiger charge is 2.35. The molecular formula is C32H41N3O8S. The van der Waals surface area contributed by atoms with Gasteiger partial charge in [0.05, 0.1) is 39.0 Å². The summed E-state index contributed by atoms with van der Waals surface area (Å²) < 4.78 is 51.3. The monoisotopic (exact) mass is 627 g/mol. The molecule has 0 fully saturated rings. The minimum atomic E-state index is -4.41. The first-order chi connectivity index (χ1) is 21.1. The van der Waals surface area contributed by atoms with Crippen molar-refractivity contribution in [3.63, 3.8) is 0 Å². The maximum atomic E-state index is 14.4. The zero-order valence-electron chi connectivity index (χ0n) is 26.0. The van der Waals surface area contributed by atoms with Crippen molar-refractivity contribution >= 4 is 27.5 Å². The number of benzene rings is 3. The second kappa shape index (κ2) is 15.9. The molecule has 0 aliphatic rings. The van der Waals surface area contributed by atoms with Gasteiger partial charge in [0.1, 0.15) is 24.1 Å². The largest absolute Gasteiger partial charge is 0.497 e. The Kier molecular flexibility index (Phi) is 12.3. The van der Waals surface area contributed by atoms with E-state index in [1.54, 1.807) is 19.1 Å². The average Bonchev–Trinajstić information content (AvgIpc) is 3.05. The van der Waals surface area contributed by atoms with Gasteiger partial charge >= 0.3 is 0 Å². The number of methoxy groups -OCH3 is 4. The third-order valence-electron chi connectivity index (χ3n) is 7.10. The molecule has 2 amide bonds. The second-order valence-electron chi connectivity index (χ2n) is 9.71. The Morgan fingerprint density at radius 1 is 0.818 bits per heavy atom. The third-order valence-corrected chi connectivity index (χ3v) is 8.85. The third kappa shape index (κ3) is 7.93. The predicted octanol–water partition coefficient (Wildman–Crippen LogP) is 3.90. The van der Waals surface area contributed by atoms with Crippen LogP contribution in [0.4, 0.5) is 5.69 Å². The highest BCUT2D eigenvalue weighted by atomic mass is 32.2. The van der Waals surface area contributed by atoms with Gasteiger partial charge in [0, 0.05) is 25.2 Å². The van der Waals surface area contributed by atoms with E-state index in [-0.39, 0.29) is 34.5 Å². The molecule has 0 aliphatic heterocycles. The molecule has 0 saturated carbocycles. The maximum Gasteiger partial charge on any atom is 0.265 e. The van der Waals surface area contributed by atoms with Gasteiger partial charge in [0.15, 0.2) is 11.5 Å². The molecule has 0 bridgehead atoms. The summed E-state index contributed by atoms with van der Waals surface area (Å²) in [6.45, 7) is 3.57. The van der Waals surface area contributed by atoms with Crippen molar-refractivity contribution in [1.29, 1.82) is 0 Å². The number of rotatable bonds is 16. The standard InChI is InChI=1S/C32H41N3O8S/c1-7-26(32(37)33-8-2)34(19-18-23-12-10-9-11-13-23)31(36)22-35(27-20-24(40-3)14-16-28(27)41-4)44(38,39)25-15-17-29(42-5)30(21-25)43-6/h9-17,20-21,26H,7-8,18-19,22H2,1-6H3,(H,33,37)/t26-/m0/s1. The Morgan fingerprint density at radius 3 is 2.07 bits per heavy atom. The molecule has 0 saturated heterocycles. The van der Waals surface area contributed by atoms with Crippen LogP contribution in [-0.4, -0.2) is 79.2 Å². The normalized spacial score (nSPS) is 11.7. The van der Waals surface area contributed by atoms with Crippen molar-refractivity contribution in [3.05, 3.63) is 72.3 Å². The summed E-state index contributed by atoms with van der Waals surface area (Å²) >= 11 is 0. The molecule has 238 valence electrons. The number of nitrogens with zero attached hydrogens (tertiary/aromatic N) is 2. The number of carbonyl (C=O) groups excluding carboxylic acids is 2. The summed E-state index contributed by atoms with van der Waals surface area (Å²) in [6.07, 6.45) is 0.796. The summed E-state index contributed by atoms with van der Waals surface area (Å²) in [5.74, 6) is 0.222. The Morgan fingerprint density at radius 2 is 1.48 bits per heavy atom. The number of hydrogen-bond acceptors (Lipinski definition) is 8. The van der Waals surface area contributed by atoms with Gasteiger partial charge in [0.25, 0.3) is 10.0 Å². The highest BCUT2D eigenvalue weighted by molar-refractivity contribution is 7.92. The fourth-order valence-electron chi connectivity index (χ4n) is 4.80. The molecule has 0 spiro atoms. The zero-order valence-corrected chi connectivity index (χ0v) is 26.8. The minimum absolute atomic E-state index is 0.0871. The molecule has 0 heterocycles. The fraction of sp³-hybridized carbons (Fsp3) is 0.375. The summed E-state index contributed by atoms with van der Waals surface area (Å²) in [5, 5.41) is 2.80. The van der Waals surface area contributed by atoms with Gasteiger partial charge in [-0.25, -0.2) is 8.42 Å². The van der Waals surface area contributed by atoms with Crippen LogP contribution in [0.3, 0.4) is 0 Å². The molecule has 0 unspecified atom stereocenters. The van der Waals surface area contributed by atoms with Gasteiger partial charge in [-0.1, -0.05) is 37.3 Å². The van der Waals surface area contributed by atoms with E-state index in [9.17, 15) is 18.0 Å². The molecule has 0 aliphatic carbocycles. The topological polar surface area (TPSA) is 124 Å². The van der Waals surface area contributed by atoms with E-state index in [1.807, 2.05) is 37.3 Å². The van der Waals surface area contributed by atoms with Gasteiger partial charge in [-0.15, -0.1) is 0 Å². The first-order valence-electron chi connectivity index (χ1n) is 14.2. The van der Waals surface area contributed by atoms with Gasteiger partial charge in [-0.2, -0.15) is 0 Å². The molecule has 3 aromatic rings. The molecule has 12 heteroatoms. The van der Waals surface area contributed by atoms with Gasteiger partial charge < -0.3 is 29.2 Å². The quantitative estimate of drug-likeness (QED) is 0.254. The van der Waals surface area contributed by atoms with Crippen molar-refractivity contribution in [2.45, 2.75) is 37.6 Å².